The number of hydrogen-bond acceptors (Lipinski definition) is 4. The van der Waals surface area contributed by atoms with Crippen LogP contribution in [-0.2, 0) is 6.54 Å². The fourth-order valence-corrected chi connectivity index (χ4v) is 2.77. The lowest BCUT2D eigenvalue weighted by molar-refractivity contribution is 0.232. The number of ether oxygens (including phenoxy) is 2. The molecule has 0 aromatic heterocycles. The molecule has 1 N–H and O–H groups in total. The number of nitrogens with zero attached hydrogens (tertiary/aromatic N) is 1. The van der Waals surface area contributed by atoms with E-state index >= 15 is 0 Å². The van der Waals surface area contributed by atoms with Gasteiger partial charge in [-0.25, -0.2) is 0 Å². The van der Waals surface area contributed by atoms with Crippen LogP contribution in [0.15, 0.2) is 18.2 Å². The van der Waals surface area contributed by atoms with Crippen molar-refractivity contribution in [2.45, 2.75) is 26.8 Å². The van der Waals surface area contributed by atoms with Crippen molar-refractivity contribution in [3.8, 4) is 11.5 Å². The van der Waals surface area contributed by atoms with Crippen molar-refractivity contribution in [3.05, 3.63) is 23.8 Å². The summed E-state index contributed by atoms with van der Waals surface area (Å²) in [7, 11) is 4.23. The van der Waals surface area contributed by atoms with Crippen LogP contribution in [0.5, 0.6) is 11.5 Å². The first kappa shape index (κ1) is 16.1. The summed E-state index contributed by atoms with van der Waals surface area (Å²) in [6.07, 6.45) is 0.945. The molecule has 0 radical (unpaired) electrons. The zero-order valence-corrected chi connectivity index (χ0v) is 13.7. The topological polar surface area (TPSA) is 33.7 Å². The van der Waals surface area contributed by atoms with Gasteiger partial charge >= 0.3 is 0 Å². The van der Waals surface area contributed by atoms with Crippen LogP contribution in [0.2, 0.25) is 0 Å². The standard InChI is InChI=1S/C17H28N2O2/c1-17(2,13-19(3)4)12-18-11-14-6-7-15-16(10-14)21-9-5-8-20-15/h6-7,10,18H,5,8-9,11-13H2,1-4H3. The summed E-state index contributed by atoms with van der Waals surface area (Å²) in [5.41, 5.74) is 1.49. The molecule has 0 aliphatic carbocycles. The summed E-state index contributed by atoms with van der Waals surface area (Å²) in [5, 5.41) is 3.55. The average Bonchev–Trinajstić information content (AvgIpc) is 2.61. The lowest BCUT2D eigenvalue weighted by Gasteiger charge is -2.28. The second-order valence-corrected chi connectivity index (χ2v) is 6.84. The lowest BCUT2D eigenvalue weighted by atomic mass is 9.93. The van der Waals surface area contributed by atoms with E-state index in [-0.39, 0.29) is 5.41 Å². The summed E-state index contributed by atoms with van der Waals surface area (Å²) >= 11 is 0. The Balaban J connectivity index is 1.87. The molecular weight excluding hydrogens is 264 g/mol. The number of nitrogens with one attached hydrogen (secondary N) is 1. The van der Waals surface area contributed by atoms with Crippen LogP contribution in [0, 0.1) is 5.41 Å². The van der Waals surface area contributed by atoms with Gasteiger partial charge in [0.1, 0.15) is 0 Å². The molecule has 118 valence electrons. The first-order valence-corrected chi connectivity index (χ1v) is 7.70. The molecule has 0 atom stereocenters. The molecule has 0 amide bonds. The number of rotatable bonds is 6. The number of fused-ring (bicyclic) bond motifs is 1. The van der Waals surface area contributed by atoms with Crippen LogP contribution in [0.25, 0.3) is 0 Å². The zero-order chi connectivity index (χ0) is 15.3. The molecule has 21 heavy (non-hydrogen) atoms. The fraction of sp³-hybridized carbons (Fsp3) is 0.647. The predicted octanol–water partition coefficient (Wildman–Crippen LogP) is 2.53. The van der Waals surface area contributed by atoms with E-state index in [1.165, 1.54) is 5.56 Å². The SMILES string of the molecule is CN(C)CC(C)(C)CNCc1ccc2c(c1)OCCCO2. The minimum Gasteiger partial charge on any atom is -0.490 e. The molecule has 0 fully saturated rings. The monoisotopic (exact) mass is 292 g/mol. The molecule has 0 saturated carbocycles. The smallest absolute Gasteiger partial charge is 0.161 e. The van der Waals surface area contributed by atoms with Crippen LogP contribution < -0.4 is 14.8 Å². The molecule has 4 nitrogen and oxygen atoms in total. The normalized spacial score (nSPS) is 15.1. The Bertz CT molecular complexity index is 458. The second-order valence-electron chi connectivity index (χ2n) is 6.84. The highest BCUT2D eigenvalue weighted by molar-refractivity contribution is 5.43. The van der Waals surface area contributed by atoms with Crippen LogP contribution in [-0.4, -0.2) is 45.3 Å². The van der Waals surface area contributed by atoms with Gasteiger partial charge in [-0.3, -0.25) is 0 Å². The van der Waals surface area contributed by atoms with Gasteiger partial charge in [0.05, 0.1) is 13.2 Å². The molecule has 2 rings (SSSR count). The maximum Gasteiger partial charge on any atom is 0.161 e. The lowest BCUT2D eigenvalue weighted by Crippen LogP contribution is -2.37. The molecule has 1 aromatic carbocycles. The van der Waals surface area contributed by atoms with Gasteiger partial charge in [-0.05, 0) is 37.2 Å². The highest BCUT2D eigenvalue weighted by atomic mass is 16.5. The molecule has 1 heterocycles. The zero-order valence-electron chi connectivity index (χ0n) is 13.7. The van der Waals surface area contributed by atoms with E-state index < -0.39 is 0 Å². The van der Waals surface area contributed by atoms with E-state index in [0.29, 0.717) is 0 Å². The average molecular weight is 292 g/mol. The summed E-state index contributed by atoms with van der Waals surface area (Å²) < 4.78 is 11.4. The summed E-state index contributed by atoms with van der Waals surface area (Å²) in [5.74, 6) is 1.74. The molecule has 0 saturated heterocycles. The van der Waals surface area contributed by atoms with Crippen LogP contribution in [0.3, 0.4) is 0 Å². The maximum atomic E-state index is 5.73. The third-order valence-corrected chi connectivity index (χ3v) is 3.49. The predicted molar refractivity (Wildman–Crippen MR) is 86.1 cm³/mol. The van der Waals surface area contributed by atoms with E-state index in [9.17, 15) is 0 Å². The molecule has 1 aromatic rings. The molecule has 0 unspecified atom stereocenters. The van der Waals surface area contributed by atoms with Gasteiger partial charge in [0.25, 0.3) is 0 Å². The second kappa shape index (κ2) is 7.14. The first-order chi connectivity index (χ1) is 9.96. The number of benzene rings is 1. The Morgan fingerprint density at radius 2 is 1.86 bits per heavy atom. The highest BCUT2D eigenvalue weighted by Gasteiger charge is 2.18. The molecule has 4 heteroatoms. The largest absolute Gasteiger partial charge is 0.490 e. The summed E-state index contributed by atoms with van der Waals surface area (Å²) in [4.78, 5) is 2.23. The molecule has 1 aliphatic heterocycles. The van der Waals surface area contributed by atoms with E-state index in [4.69, 9.17) is 9.47 Å². The van der Waals surface area contributed by atoms with Gasteiger partial charge in [0, 0.05) is 26.1 Å². The number of hydrogen-bond donors (Lipinski definition) is 1. The molecule has 0 bridgehead atoms. The van der Waals surface area contributed by atoms with Gasteiger partial charge in [-0.2, -0.15) is 0 Å². The van der Waals surface area contributed by atoms with Gasteiger partial charge in [-0.15, -0.1) is 0 Å². The Hall–Kier alpha value is -1.26. The van der Waals surface area contributed by atoms with Crippen molar-refractivity contribution in [3.63, 3.8) is 0 Å². The molecule has 0 spiro atoms. The Morgan fingerprint density at radius 3 is 2.57 bits per heavy atom. The minimum atomic E-state index is 0.259. The van der Waals surface area contributed by atoms with Crippen LogP contribution in [0.1, 0.15) is 25.8 Å². The van der Waals surface area contributed by atoms with Gasteiger partial charge in [0.2, 0.25) is 0 Å². The van der Waals surface area contributed by atoms with Crippen molar-refractivity contribution >= 4 is 0 Å². The van der Waals surface area contributed by atoms with Gasteiger partial charge in [0.15, 0.2) is 11.5 Å². The Morgan fingerprint density at radius 1 is 1.14 bits per heavy atom. The maximum absolute atomic E-state index is 5.73. The fourth-order valence-electron chi connectivity index (χ4n) is 2.77. The van der Waals surface area contributed by atoms with E-state index in [0.717, 1.165) is 50.8 Å². The summed E-state index contributed by atoms with van der Waals surface area (Å²) in [6.45, 7) is 8.96. The van der Waals surface area contributed by atoms with Crippen molar-refractivity contribution in [1.82, 2.24) is 10.2 Å². The van der Waals surface area contributed by atoms with Crippen molar-refractivity contribution in [2.75, 3.05) is 40.4 Å². The highest BCUT2D eigenvalue weighted by Crippen LogP contribution is 2.30. The third-order valence-electron chi connectivity index (χ3n) is 3.49. The van der Waals surface area contributed by atoms with E-state index in [1.54, 1.807) is 0 Å². The van der Waals surface area contributed by atoms with Crippen molar-refractivity contribution in [1.29, 1.82) is 0 Å². The third kappa shape index (κ3) is 5.21. The van der Waals surface area contributed by atoms with Crippen LogP contribution in [0.4, 0.5) is 0 Å². The van der Waals surface area contributed by atoms with E-state index in [2.05, 4.69) is 50.3 Å². The van der Waals surface area contributed by atoms with Crippen LogP contribution >= 0.6 is 0 Å². The Kier molecular flexibility index (Phi) is 5.48. The Labute approximate surface area is 128 Å². The minimum absolute atomic E-state index is 0.259. The molecular formula is C17H28N2O2. The summed E-state index contributed by atoms with van der Waals surface area (Å²) in [6, 6.07) is 6.22. The first-order valence-electron chi connectivity index (χ1n) is 7.70. The van der Waals surface area contributed by atoms with Crippen molar-refractivity contribution in [2.24, 2.45) is 5.41 Å². The van der Waals surface area contributed by atoms with Gasteiger partial charge < -0.3 is 19.7 Å². The molecule has 1 aliphatic rings. The van der Waals surface area contributed by atoms with Gasteiger partial charge in [-0.1, -0.05) is 19.9 Å². The quantitative estimate of drug-likeness (QED) is 0.873. The van der Waals surface area contributed by atoms with Crippen molar-refractivity contribution < 1.29 is 9.47 Å². The van der Waals surface area contributed by atoms with E-state index in [1.807, 2.05) is 6.07 Å².